The molecule has 0 saturated carbocycles. The van der Waals surface area contributed by atoms with E-state index < -0.39 is 0 Å². The molecule has 1 fully saturated rings. The number of carbonyl (C=O) groups excluding carboxylic acids is 1. The maximum absolute atomic E-state index is 12.9. The minimum absolute atomic E-state index is 0.0895. The van der Waals surface area contributed by atoms with Gasteiger partial charge in [-0.25, -0.2) is 14.5 Å². The third-order valence-electron chi connectivity index (χ3n) is 5.32. The lowest BCUT2D eigenvalue weighted by Gasteiger charge is -2.32. The highest BCUT2D eigenvalue weighted by molar-refractivity contribution is 5.78. The molecule has 3 aromatic rings. The number of carbonyl (C=O) groups is 1. The molecule has 8 heteroatoms. The van der Waals surface area contributed by atoms with Gasteiger partial charge in [0.05, 0.1) is 12.1 Å². The van der Waals surface area contributed by atoms with E-state index in [4.69, 9.17) is 0 Å². The van der Waals surface area contributed by atoms with Crippen molar-refractivity contribution in [1.82, 2.24) is 28.6 Å². The minimum atomic E-state index is -0.0957. The van der Waals surface area contributed by atoms with Crippen molar-refractivity contribution in [3.05, 3.63) is 52.6 Å². The van der Waals surface area contributed by atoms with Gasteiger partial charge in [0.25, 0.3) is 0 Å². The standard InChI is InChI=1S/C19H24N6O2/c1-3-24-18(21-22(2)19(24)27)14-7-6-9-23(13-14)17(26)11-15-12-20-16-8-4-5-10-25(15)16/h4-5,8,10,12,14H,3,6-7,9,11,13H2,1-2H3. The van der Waals surface area contributed by atoms with Gasteiger partial charge in [0.1, 0.15) is 11.5 Å². The van der Waals surface area contributed by atoms with E-state index in [1.165, 1.54) is 4.68 Å². The number of amides is 1. The van der Waals surface area contributed by atoms with Crippen LogP contribution >= 0.6 is 0 Å². The second-order valence-corrected chi connectivity index (χ2v) is 7.04. The molecule has 1 atom stereocenters. The Morgan fingerprint density at radius 2 is 2.19 bits per heavy atom. The second-order valence-electron chi connectivity index (χ2n) is 7.04. The Morgan fingerprint density at radius 3 is 3.00 bits per heavy atom. The highest BCUT2D eigenvalue weighted by Crippen LogP contribution is 2.25. The predicted octanol–water partition coefficient (Wildman–Crippen LogP) is 1.20. The van der Waals surface area contributed by atoms with Gasteiger partial charge in [-0.2, -0.15) is 5.10 Å². The largest absolute Gasteiger partial charge is 0.345 e. The highest BCUT2D eigenvalue weighted by Gasteiger charge is 2.29. The molecule has 0 N–H and O–H groups in total. The van der Waals surface area contributed by atoms with Gasteiger partial charge >= 0.3 is 5.69 Å². The second kappa shape index (κ2) is 7.02. The van der Waals surface area contributed by atoms with Gasteiger partial charge in [0.2, 0.25) is 5.91 Å². The van der Waals surface area contributed by atoms with Crippen molar-refractivity contribution < 1.29 is 4.79 Å². The van der Waals surface area contributed by atoms with E-state index in [2.05, 4.69) is 10.1 Å². The molecule has 142 valence electrons. The summed E-state index contributed by atoms with van der Waals surface area (Å²) in [6.07, 6.45) is 5.87. The van der Waals surface area contributed by atoms with Crippen LogP contribution in [0.1, 0.15) is 37.2 Å². The molecule has 0 aliphatic carbocycles. The number of pyridine rings is 1. The van der Waals surface area contributed by atoms with Crippen LogP contribution in [0.5, 0.6) is 0 Å². The Hall–Kier alpha value is -2.90. The zero-order valence-electron chi connectivity index (χ0n) is 15.7. The van der Waals surface area contributed by atoms with Crippen LogP contribution in [-0.2, 0) is 24.8 Å². The molecule has 0 spiro atoms. The summed E-state index contributed by atoms with van der Waals surface area (Å²) in [5, 5.41) is 4.43. The lowest BCUT2D eigenvalue weighted by atomic mass is 9.96. The fourth-order valence-corrected chi connectivity index (χ4v) is 3.92. The average Bonchev–Trinajstić information content (AvgIpc) is 3.23. The Kier molecular flexibility index (Phi) is 4.55. The van der Waals surface area contributed by atoms with Crippen LogP contribution in [0.2, 0.25) is 0 Å². The number of likely N-dealkylation sites (tertiary alicyclic amines) is 1. The van der Waals surface area contributed by atoms with Gasteiger partial charge in [-0.15, -0.1) is 0 Å². The number of rotatable bonds is 4. The molecule has 3 aromatic heterocycles. The molecule has 1 aliphatic heterocycles. The van der Waals surface area contributed by atoms with Crippen molar-refractivity contribution >= 4 is 11.6 Å². The molecular weight excluding hydrogens is 344 g/mol. The fourth-order valence-electron chi connectivity index (χ4n) is 3.92. The summed E-state index contributed by atoms with van der Waals surface area (Å²) in [5.74, 6) is 0.975. The number of piperidine rings is 1. The third kappa shape index (κ3) is 3.15. The zero-order chi connectivity index (χ0) is 19.0. The molecule has 4 heterocycles. The van der Waals surface area contributed by atoms with Crippen LogP contribution in [0.25, 0.3) is 5.65 Å². The Labute approximate surface area is 157 Å². The van der Waals surface area contributed by atoms with E-state index in [0.717, 1.165) is 36.6 Å². The predicted molar refractivity (Wildman–Crippen MR) is 101 cm³/mol. The maximum atomic E-state index is 12.9. The minimum Gasteiger partial charge on any atom is -0.342 e. The van der Waals surface area contributed by atoms with Gasteiger partial charge in [-0.05, 0) is 31.9 Å². The molecule has 1 unspecified atom stereocenters. The molecule has 1 aliphatic rings. The lowest BCUT2D eigenvalue weighted by Crippen LogP contribution is -2.41. The Morgan fingerprint density at radius 1 is 1.33 bits per heavy atom. The number of nitrogens with zero attached hydrogens (tertiary/aromatic N) is 6. The quantitative estimate of drug-likeness (QED) is 0.693. The molecule has 0 bridgehead atoms. The summed E-state index contributed by atoms with van der Waals surface area (Å²) >= 11 is 0. The number of hydrogen-bond donors (Lipinski definition) is 0. The number of aromatic nitrogens is 5. The summed E-state index contributed by atoms with van der Waals surface area (Å²) in [4.78, 5) is 31.3. The molecule has 4 rings (SSSR count). The number of aryl methyl sites for hydroxylation is 1. The first-order chi connectivity index (χ1) is 13.1. The van der Waals surface area contributed by atoms with Crippen molar-refractivity contribution in [2.24, 2.45) is 7.05 Å². The number of imidazole rings is 1. The zero-order valence-corrected chi connectivity index (χ0v) is 15.7. The summed E-state index contributed by atoms with van der Waals surface area (Å²) in [7, 11) is 1.68. The molecule has 1 saturated heterocycles. The Balaban J connectivity index is 1.52. The van der Waals surface area contributed by atoms with Crippen LogP contribution in [0, 0.1) is 0 Å². The monoisotopic (exact) mass is 368 g/mol. The van der Waals surface area contributed by atoms with Crippen molar-refractivity contribution in [1.29, 1.82) is 0 Å². The summed E-state index contributed by atoms with van der Waals surface area (Å²) < 4.78 is 5.05. The van der Waals surface area contributed by atoms with Crippen LogP contribution in [0.3, 0.4) is 0 Å². The molecule has 27 heavy (non-hydrogen) atoms. The molecule has 0 aromatic carbocycles. The summed E-state index contributed by atoms with van der Waals surface area (Å²) in [6, 6.07) is 5.80. The lowest BCUT2D eigenvalue weighted by molar-refractivity contribution is -0.131. The summed E-state index contributed by atoms with van der Waals surface area (Å²) in [5.41, 5.74) is 1.64. The van der Waals surface area contributed by atoms with Crippen LogP contribution in [-0.4, -0.2) is 47.6 Å². The fraction of sp³-hybridized carbons (Fsp3) is 0.474. The van der Waals surface area contributed by atoms with E-state index in [0.29, 0.717) is 19.5 Å². The smallest absolute Gasteiger partial charge is 0.342 e. The van der Waals surface area contributed by atoms with Gasteiger partial charge in [0.15, 0.2) is 0 Å². The summed E-state index contributed by atoms with van der Waals surface area (Å²) in [6.45, 7) is 3.89. The van der Waals surface area contributed by atoms with Crippen LogP contribution in [0.4, 0.5) is 0 Å². The SMILES string of the molecule is CCn1c(C2CCCN(C(=O)Cc3cnc4ccccn34)C2)nn(C)c1=O. The molecule has 0 radical (unpaired) electrons. The van der Waals surface area contributed by atoms with Crippen molar-refractivity contribution in [2.45, 2.75) is 38.6 Å². The van der Waals surface area contributed by atoms with Gasteiger partial charge in [-0.1, -0.05) is 6.07 Å². The first kappa shape index (κ1) is 17.5. The van der Waals surface area contributed by atoms with Gasteiger partial charge in [0, 0.05) is 45.0 Å². The van der Waals surface area contributed by atoms with E-state index >= 15 is 0 Å². The van der Waals surface area contributed by atoms with E-state index in [-0.39, 0.29) is 17.5 Å². The van der Waals surface area contributed by atoms with E-state index in [9.17, 15) is 9.59 Å². The number of hydrogen-bond acceptors (Lipinski definition) is 4. The first-order valence-electron chi connectivity index (χ1n) is 9.41. The van der Waals surface area contributed by atoms with Gasteiger partial charge in [-0.3, -0.25) is 9.36 Å². The molecular formula is C19H24N6O2. The highest BCUT2D eigenvalue weighted by atomic mass is 16.2. The van der Waals surface area contributed by atoms with Crippen molar-refractivity contribution in [3.63, 3.8) is 0 Å². The van der Waals surface area contributed by atoms with Crippen molar-refractivity contribution in [3.8, 4) is 0 Å². The van der Waals surface area contributed by atoms with E-state index in [1.807, 2.05) is 40.6 Å². The molecule has 8 nitrogen and oxygen atoms in total. The Bertz CT molecular complexity index is 1030. The van der Waals surface area contributed by atoms with Crippen molar-refractivity contribution in [2.75, 3.05) is 13.1 Å². The van der Waals surface area contributed by atoms with E-state index in [1.54, 1.807) is 17.8 Å². The maximum Gasteiger partial charge on any atom is 0.345 e. The molecule has 1 amide bonds. The van der Waals surface area contributed by atoms with Crippen LogP contribution in [0.15, 0.2) is 35.4 Å². The van der Waals surface area contributed by atoms with Gasteiger partial charge < -0.3 is 9.30 Å². The first-order valence-corrected chi connectivity index (χ1v) is 9.41. The number of fused-ring (bicyclic) bond motifs is 1. The topological polar surface area (TPSA) is 77.4 Å². The normalized spacial score (nSPS) is 17.6. The average molecular weight is 368 g/mol. The van der Waals surface area contributed by atoms with Crippen LogP contribution < -0.4 is 5.69 Å². The third-order valence-corrected chi connectivity index (χ3v) is 5.32.